The SMILES string of the molecule is Cc1ccnc(-c2ccccc2N2CCOCC2)c1C(N)=O. The number of pyridine rings is 1. The highest BCUT2D eigenvalue weighted by Crippen LogP contribution is 2.32. The third-order valence-corrected chi connectivity index (χ3v) is 3.92. The van der Waals surface area contributed by atoms with Crippen LogP contribution in [0.25, 0.3) is 11.3 Å². The lowest BCUT2D eigenvalue weighted by Crippen LogP contribution is -2.36. The van der Waals surface area contributed by atoms with Gasteiger partial charge in [0.05, 0.1) is 24.5 Å². The number of nitrogens with two attached hydrogens (primary N) is 1. The summed E-state index contributed by atoms with van der Waals surface area (Å²) in [5.41, 5.74) is 9.54. The fourth-order valence-electron chi connectivity index (χ4n) is 2.83. The number of benzene rings is 1. The molecule has 0 spiro atoms. The fourth-order valence-corrected chi connectivity index (χ4v) is 2.83. The van der Waals surface area contributed by atoms with E-state index in [1.165, 1.54) is 0 Å². The van der Waals surface area contributed by atoms with Crippen LogP contribution in [-0.2, 0) is 4.74 Å². The molecule has 2 aromatic rings. The molecule has 3 rings (SSSR count). The summed E-state index contributed by atoms with van der Waals surface area (Å²) in [4.78, 5) is 18.5. The lowest BCUT2D eigenvalue weighted by molar-refractivity contribution is 0.1000. The van der Waals surface area contributed by atoms with Gasteiger partial charge < -0.3 is 15.4 Å². The van der Waals surface area contributed by atoms with E-state index in [-0.39, 0.29) is 0 Å². The fraction of sp³-hybridized carbons (Fsp3) is 0.294. The third kappa shape index (κ3) is 2.67. The number of aryl methyl sites for hydroxylation is 1. The zero-order valence-electron chi connectivity index (χ0n) is 12.6. The predicted octanol–water partition coefficient (Wildman–Crippen LogP) is 1.99. The smallest absolute Gasteiger partial charge is 0.251 e. The van der Waals surface area contributed by atoms with Crippen molar-refractivity contribution in [2.24, 2.45) is 5.73 Å². The number of hydrogen-bond donors (Lipinski definition) is 1. The molecule has 5 nitrogen and oxygen atoms in total. The van der Waals surface area contributed by atoms with Crippen LogP contribution < -0.4 is 10.6 Å². The van der Waals surface area contributed by atoms with Crippen molar-refractivity contribution in [1.82, 2.24) is 4.98 Å². The molecule has 2 N–H and O–H groups in total. The van der Waals surface area contributed by atoms with Gasteiger partial charge in [-0.25, -0.2) is 0 Å². The first-order chi connectivity index (χ1) is 10.7. The number of hydrogen-bond acceptors (Lipinski definition) is 4. The number of morpholine rings is 1. The summed E-state index contributed by atoms with van der Waals surface area (Å²) in [6, 6.07) is 9.79. The minimum Gasteiger partial charge on any atom is -0.378 e. The first kappa shape index (κ1) is 14.5. The standard InChI is InChI=1S/C17H19N3O2/c1-12-6-7-19-16(15(12)17(18)21)13-4-2-3-5-14(13)20-8-10-22-11-9-20/h2-7H,8-11H2,1H3,(H2,18,21). The monoisotopic (exact) mass is 297 g/mol. The summed E-state index contributed by atoms with van der Waals surface area (Å²) in [7, 11) is 0. The number of ether oxygens (including phenoxy) is 1. The van der Waals surface area contributed by atoms with Crippen molar-refractivity contribution >= 4 is 11.6 Å². The average molecular weight is 297 g/mol. The first-order valence-corrected chi connectivity index (χ1v) is 7.36. The topological polar surface area (TPSA) is 68.5 Å². The highest BCUT2D eigenvalue weighted by atomic mass is 16.5. The number of para-hydroxylation sites is 1. The van der Waals surface area contributed by atoms with Gasteiger partial charge in [0.25, 0.3) is 5.91 Å². The van der Waals surface area contributed by atoms with Crippen LogP contribution in [0.1, 0.15) is 15.9 Å². The number of carbonyl (C=O) groups excluding carboxylic acids is 1. The first-order valence-electron chi connectivity index (χ1n) is 7.36. The molecule has 0 saturated carbocycles. The van der Waals surface area contributed by atoms with E-state index < -0.39 is 5.91 Å². The summed E-state index contributed by atoms with van der Waals surface area (Å²) >= 11 is 0. The van der Waals surface area contributed by atoms with Crippen LogP contribution in [-0.4, -0.2) is 37.2 Å². The lowest BCUT2D eigenvalue weighted by Gasteiger charge is -2.30. The Labute approximate surface area is 129 Å². The third-order valence-electron chi connectivity index (χ3n) is 3.92. The normalized spacial score (nSPS) is 14.9. The van der Waals surface area contributed by atoms with Crippen molar-refractivity contribution < 1.29 is 9.53 Å². The predicted molar refractivity (Wildman–Crippen MR) is 86.0 cm³/mol. The van der Waals surface area contributed by atoms with Gasteiger partial charge in [0.15, 0.2) is 0 Å². The number of aromatic nitrogens is 1. The van der Waals surface area contributed by atoms with Crippen LogP contribution in [0.5, 0.6) is 0 Å². The van der Waals surface area contributed by atoms with Crippen LogP contribution in [0.3, 0.4) is 0 Å². The number of carbonyl (C=O) groups is 1. The molecule has 0 atom stereocenters. The van der Waals surface area contributed by atoms with Crippen LogP contribution in [0.15, 0.2) is 36.5 Å². The molecule has 1 aromatic heterocycles. The summed E-state index contributed by atoms with van der Waals surface area (Å²) < 4.78 is 5.42. The minimum atomic E-state index is -0.447. The molecule has 0 aliphatic carbocycles. The van der Waals surface area contributed by atoms with Gasteiger partial charge in [-0.05, 0) is 24.6 Å². The number of nitrogens with zero attached hydrogens (tertiary/aromatic N) is 2. The summed E-state index contributed by atoms with van der Waals surface area (Å²) in [6.45, 7) is 4.95. The Hall–Kier alpha value is -2.40. The second kappa shape index (κ2) is 6.15. The minimum absolute atomic E-state index is 0.447. The molecule has 0 unspecified atom stereocenters. The summed E-state index contributed by atoms with van der Waals surface area (Å²) in [5, 5.41) is 0. The summed E-state index contributed by atoms with van der Waals surface area (Å²) in [5.74, 6) is -0.447. The van der Waals surface area contributed by atoms with Crippen LogP contribution in [0, 0.1) is 6.92 Å². The van der Waals surface area contributed by atoms with E-state index in [4.69, 9.17) is 10.5 Å². The molecule has 1 aliphatic rings. The average Bonchev–Trinajstić information content (AvgIpc) is 2.55. The second-order valence-electron chi connectivity index (χ2n) is 5.33. The quantitative estimate of drug-likeness (QED) is 0.940. The number of rotatable bonds is 3. The highest BCUT2D eigenvalue weighted by molar-refractivity contribution is 6.01. The number of primary amides is 1. The van der Waals surface area contributed by atoms with E-state index in [9.17, 15) is 4.79 Å². The largest absolute Gasteiger partial charge is 0.378 e. The summed E-state index contributed by atoms with van der Waals surface area (Å²) in [6.07, 6.45) is 1.72. The van der Waals surface area contributed by atoms with E-state index in [2.05, 4.69) is 16.0 Å². The van der Waals surface area contributed by atoms with E-state index >= 15 is 0 Å². The van der Waals surface area contributed by atoms with Crippen molar-refractivity contribution in [2.75, 3.05) is 31.2 Å². The maximum atomic E-state index is 11.9. The van der Waals surface area contributed by atoms with Gasteiger partial charge in [-0.1, -0.05) is 18.2 Å². The highest BCUT2D eigenvalue weighted by Gasteiger charge is 2.20. The van der Waals surface area contributed by atoms with Gasteiger partial charge in [0.1, 0.15) is 0 Å². The van der Waals surface area contributed by atoms with Crippen LogP contribution in [0.2, 0.25) is 0 Å². The van der Waals surface area contributed by atoms with E-state index in [0.29, 0.717) is 24.5 Å². The number of amides is 1. The zero-order valence-corrected chi connectivity index (χ0v) is 12.6. The Balaban J connectivity index is 2.13. The Morgan fingerprint density at radius 2 is 1.95 bits per heavy atom. The molecule has 1 fully saturated rings. The zero-order chi connectivity index (χ0) is 15.5. The van der Waals surface area contributed by atoms with Gasteiger partial charge >= 0.3 is 0 Å². The van der Waals surface area contributed by atoms with Crippen molar-refractivity contribution in [3.63, 3.8) is 0 Å². The number of anilines is 1. The van der Waals surface area contributed by atoms with E-state index in [1.54, 1.807) is 12.3 Å². The molecule has 1 aromatic carbocycles. The van der Waals surface area contributed by atoms with Gasteiger partial charge in [0.2, 0.25) is 0 Å². The Morgan fingerprint density at radius 1 is 1.23 bits per heavy atom. The van der Waals surface area contributed by atoms with Crippen molar-refractivity contribution in [2.45, 2.75) is 6.92 Å². The van der Waals surface area contributed by atoms with Crippen LogP contribution in [0.4, 0.5) is 5.69 Å². The molecule has 2 heterocycles. The molecular formula is C17H19N3O2. The van der Waals surface area contributed by atoms with Crippen molar-refractivity contribution in [1.29, 1.82) is 0 Å². The van der Waals surface area contributed by atoms with Gasteiger partial charge in [-0.15, -0.1) is 0 Å². The Bertz CT molecular complexity index is 694. The molecule has 114 valence electrons. The van der Waals surface area contributed by atoms with Gasteiger partial charge in [-0.3, -0.25) is 9.78 Å². The molecule has 1 saturated heterocycles. The maximum Gasteiger partial charge on any atom is 0.251 e. The molecule has 5 heteroatoms. The van der Waals surface area contributed by atoms with Crippen LogP contribution >= 0.6 is 0 Å². The molecular weight excluding hydrogens is 278 g/mol. The molecule has 1 amide bonds. The van der Waals surface area contributed by atoms with Gasteiger partial charge in [-0.2, -0.15) is 0 Å². The molecule has 22 heavy (non-hydrogen) atoms. The molecule has 1 aliphatic heterocycles. The van der Waals surface area contributed by atoms with E-state index in [1.807, 2.05) is 25.1 Å². The van der Waals surface area contributed by atoms with Crippen molar-refractivity contribution in [3.8, 4) is 11.3 Å². The second-order valence-corrected chi connectivity index (χ2v) is 5.33. The molecule has 0 bridgehead atoms. The Kier molecular flexibility index (Phi) is 4.06. The van der Waals surface area contributed by atoms with E-state index in [0.717, 1.165) is 29.9 Å². The Morgan fingerprint density at radius 3 is 2.68 bits per heavy atom. The van der Waals surface area contributed by atoms with Crippen molar-refractivity contribution in [3.05, 3.63) is 47.7 Å². The lowest BCUT2D eigenvalue weighted by atomic mass is 9.99. The maximum absolute atomic E-state index is 11.9. The van der Waals surface area contributed by atoms with Gasteiger partial charge in [0, 0.05) is 30.5 Å². The molecule has 0 radical (unpaired) electrons.